The molecule has 1 heterocycles. The van der Waals surface area contributed by atoms with Gasteiger partial charge >= 0.3 is 5.97 Å². The molecule has 0 aliphatic carbocycles. The highest BCUT2D eigenvalue weighted by Gasteiger charge is 2.30. The number of amides is 1. The van der Waals surface area contributed by atoms with Crippen LogP contribution < -0.4 is 5.32 Å². The van der Waals surface area contributed by atoms with E-state index in [4.69, 9.17) is 15.1 Å². The van der Waals surface area contributed by atoms with Crippen molar-refractivity contribution in [1.82, 2.24) is 5.32 Å². The lowest BCUT2D eigenvalue weighted by molar-refractivity contribution is -0.143. The summed E-state index contributed by atoms with van der Waals surface area (Å²) in [6, 6.07) is 0.895. The number of hydrogen-bond acceptors (Lipinski definition) is 4. The Bertz CT molecular complexity index is 331. The Balaban J connectivity index is 2.57. The monoisotopic (exact) mass is 240 g/mol. The largest absolute Gasteiger partial charge is 0.480 e. The first kappa shape index (κ1) is 13.5. The van der Waals surface area contributed by atoms with Crippen molar-refractivity contribution in [1.29, 1.82) is 5.26 Å². The van der Waals surface area contributed by atoms with Gasteiger partial charge < -0.3 is 15.2 Å². The maximum Gasteiger partial charge on any atom is 0.326 e. The Labute approximate surface area is 99.6 Å². The number of carboxylic acids is 1. The number of carbonyl (C=O) groups is 2. The number of nitrogens with one attached hydrogen (secondary N) is 1. The first-order chi connectivity index (χ1) is 8.06. The van der Waals surface area contributed by atoms with Gasteiger partial charge in [0.15, 0.2) is 0 Å². The molecule has 3 atom stereocenters. The van der Waals surface area contributed by atoms with Gasteiger partial charge in [-0.1, -0.05) is 6.92 Å². The van der Waals surface area contributed by atoms with Crippen LogP contribution in [0.3, 0.4) is 0 Å². The standard InChI is InChI=1S/C11H16N2O4/c1-7(2-4-12)9(11(15)16)13-10(14)8-3-5-17-6-8/h7-9H,2-3,5-6H2,1H3,(H,13,14)(H,15,16)/t7-,8+,9-/m1/s1. The van der Waals surface area contributed by atoms with Crippen LogP contribution in [0.4, 0.5) is 0 Å². The Hall–Kier alpha value is -1.61. The molecule has 1 amide bonds. The fourth-order valence-electron chi connectivity index (χ4n) is 1.72. The van der Waals surface area contributed by atoms with Crippen LogP contribution in [-0.2, 0) is 14.3 Å². The maximum absolute atomic E-state index is 11.7. The zero-order chi connectivity index (χ0) is 12.8. The second-order valence-electron chi connectivity index (χ2n) is 4.22. The Kier molecular flexibility index (Phi) is 4.91. The highest BCUT2D eigenvalue weighted by Crippen LogP contribution is 2.14. The predicted octanol–water partition coefficient (Wildman–Crippen LogP) is 0.142. The molecule has 1 aliphatic rings. The van der Waals surface area contributed by atoms with Gasteiger partial charge in [0.2, 0.25) is 5.91 Å². The highest BCUT2D eigenvalue weighted by molar-refractivity contribution is 5.85. The second kappa shape index (κ2) is 6.21. The average Bonchev–Trinajstić information content (AvgIpc) is 2.78. The summed E-state index contributed by atoms with van der Waals surface area (Å²) in [7, 11) is 0. The summed E-state index contributed by atoms with van der Waals surface area (Å²) < 4.78 is 5.07. The molecule has 0 saturated carbocycles. The van der Waals surface area contributed by atoms with Gasteiger partial charge in [0.05, 0.1) is 18.6 Å². The molecule has 0 bridgehead atoms. The lowest BCUT2D eigenvalue weighted by Gasteiger charge is -2.20. The Morgan fingerprint density at radius 2 is 2.35 bits per heavy atom. The van der Waals surface area contributed by atoms with Crippen molar-refractivity contribution in [2.24, 2.45) is 11.8 Å². The number of nitriles is 1. The van der Waals surface area contributed by atoms with E-state index in [1.807, 2.05) is 6.07 Å². The third-order valence-electron chi connectivity index (χ3n) is 2.85. The van der Waals surface area contributed by atoms with E-state index >= 15 is 0 Å². The number of hydrogen-bond donors (Lipinski definition) is 2. The van der Waals surface area contributed by atoms with Crippen LogP contribution in [0.25, 0.3) is 0 Å². The van der Waals surface area contributed by atoms with E-state index in [0.717, 1.165) is 0 Å². The molecule has 6 heteroatoms. The molecule has 6 nitrogen and oxygen atoms in total. The predicted molar refractivity (Wildman–Crippen MR) is 57.9 cm³/mol. The quantitative estimate of drug-likeness (QED) is 0.712. The van der Waals surface area contributed by atoms with Gasteiger partial charge in [-0.25, -0.2) is 4.79 Å². The fraction of sp³-hybridized carbons (Fsp3) is 0.727. The summed E-state index contributed by atoms with van der Waals surface area (Å²) in [5.74, 6) is -2.10. The van der Waals surface area contributed by atoms with Gasteiger partial charge in [0, 0.05) is 18.9 Å². The Morgan fingerprint density at radius 3 is 2.82 bits per heavy atom. The minimum Gasteiger partial charge on any atom is -0.480 e. The van der Waals surface area contributed by atoms with Crippen molar-refractivity contribution in [2.45, 2.75) is 25.8 Å². The van der Waals surface area contributed by atoms with Gasteiger partial charge in [-0.2, -0.15) is 5.26 Å². The van der Waals surface area contributed by atoms with Crippen molar-refractivity contribution in [2.75, 3.05) is 13.2 Å². The number of carbonyl (C=O) groups excluding carboxylic acids is 1. The molecular weight excluding hydrogens is 224 g/mol. The molecule has 0 radical (unpaired) electrons. The van der Waals surface area contributed by atoms with Gasteiger partial charge in [0.1, 0.15) is 6.04 Å². The van der Waals surface area contributed by atoms with E-state index in [1.54, 1.807) is 6.92 Å². The number of carboxylic acid groups (broad SMARTS) is 1. The van der Waals surface area contributed by atoms with Gasteiger partial charge in [-0.05, 0) is 6.42 Å². The molecule has 17 heavy (non-hydrogen) atoms. The summed E-state index contributed by atoms with van der Waals surface area (Å²) in [6.07, 6.45) is 0.712. The molecule has 1 rings (SSSR count). The Morgan fingerprint density at radius 1 is 1.65 bits per heavy atom. The van der Waals surface area contributed by atoms with E-state index < -0.39 is 17.9 Å². The molecule has 0 unspecified atom stereocenters. The number of rotatable bonds is 5. The first-order valence-electron chi connectivity index (χ1n) is 5.54. The van der Waals surface area contributed by atoms with Crippen LogP contribution in [0, 0.1) is 23.2 Å². The van der Waals surface area contributed by atoms with Crippen LogP contribution in [0.2, 0.25) is 0 Å². The number of ether oxygens (including phenoxy) is 1. The van der Waals surface area contributed by atoms with Crippen LogP contribution in [0.5, 0.6) is 0 Å². The first-order valence-corrected chi connectivity index (χ1v) is 5.54. The van der Waals surface area contributed by atoms with Gasteiger partial charge in [0.25, 0.3) is 0 Å². The maximum atomic E-state index is 11.7. The van der Waals surface area contributed by atoms with E-state index in [-0.39, 0.29) is 18.2 Å². The summed E-state index contributed by atoms with van der Waals surface area (Å²) in [5, 5.41) is 20.0. The molecule has 1 saturated heterocycles. The van der Waals surface area contributed by atoms with Crippen molar-refractivity contribution in [3.63, 3.8) is 0 Å². The fourth-order valence-corrected chi connectivity index (χ4v) is 1.72. The zero-order valence-corrected chi connectivity index (χ0v) is 9.68. The van der Waals surface area contributed by atoms with E-state index in [2.05, 4.69) is 5.32 Å². The molecule has 1 aliphatic heterocycles. The minimum atomic E-state index is -1.11. The van der Waals surface area contributed by atoms with Gasteiger partial charge in [-0.15, -0.1) is 0 Å². The molecule has 94 valence electrons. The highest BCUT2D eigenvalue weighted by atomic mass is 16.5. The molecule has 0 aromatic carbocycles. The van der Waals surface area contributed by atoms with Gasteiger partial charge in [-0.3, -0.25) is 4.79 Å². The minimum absolute atomic E-state index is 0.0956. The van der Waals surface area contributed by atoms with Crippen molar-refractivity contribution in [3.05, 3.63) is 0 Å². The lowest BCUT2D eigenvalue weighted by atomic mass is 9.98. The van der Waals surface area contributed by atoms with Crippen LogP contribution >= 0.6 is 0 Å². The molecule has 0 aromatic rings. The van der Waals surface area contributed by atoms with E-state index in [0.29, 0.717) is 19.6 Å². The van der Waals surface area contributed by atoms with E-state index in [9.17, 15) is 9.59 Å². The molecule has 0 spiro atoms. The normalized spacial score (nSPS) is 22.5. The van der Waals surface area contributed by atoms with E-state index in [1.165, 1.54) is 0 Å². The van der Waals surface area contributed by atoms with Crippen molar-refractivity contribution < 1.29 is 19.4 Å². The summed E-state index contributed by atoms with van der Waals surface area (Å²) in [4.78, 5) is 22.7. The third-order valence-corrected chi connectivity index (χ3v) is 2.85. The topological polar surface area (TPSA) is 99.4 Å². The van der Waals surface area contributed by atoms with Crippen LogP contribution in [0.15, 0.2) is 0 Å². The molecule has 1 fully saturated rings. The summed E-state index contributed by atoms with van der Waals surface area (Å²) in [6.45, 7) is 2.50. The smallest absolute Gasteiger partial charge is 0.326 e. The van der Waals surface area contributed by atoms with Crippen LogP contribution in [0.1, 0.15) is 19.8 Å². The van der Waals surface area contributed by atoms with Crippen molar-refractivity contribution >= 4 is 11.9 Å². The van der Waals surface area contributed by atoms with Crippen LogP contribution in [-0.4, -0.2) is 36.2 Å². The molecular formula is C11H16N2O4. The summed E-state index contributed by atoms with van der Waals surface area (Å²) >= 11 is 0. The number of aliphatic carboxylic acids is 1. The molecule has 0 aromatic heterocycles. The third kappa shape index (κ3) is 3.71. The second-order valence-corrected chi connectivity index (χ2v) is 4.22. The summed E-state index contributed by atoms with van der Waals surface area (Å²) in [5.41, 5.74) is 0. The average molecular weight is 240 g/mol. The molecule has 2 N–H and O–H groups in total. The number of nitrogens with zero attached hydrogens (tertiary/aromatic N) is 1. The lowest BCUT2D eigenvalue weighted by Crippen LogP contribution is -2.47. The zero-order valence-electron chi connectivity index (χ0n) is 9.68. The SMILES string of the molecule is C[C@H](CC#N)[C@@H](NC(=O)[C@H]1CCOC1)C(=O)O. The van der Waals surface area contributed by atoms with Crippen molar-refractivity contribution in [3.8, 4) is 6.07 Å².